The number of likely N-dealkylation sites (N-methyl/N-ethyl adjacent to an activating group) is 1. The molecule has 0 fully saturated rings. The molecule has 0 aliphatic carbocycles. The van der Waals surface area contributed by atoms with E-state index in [0.717, 1.165) is 12.2 Å². The van der Waals surface area contributed by atoms with Gasteiger partial charge in [-0.05, 0) is 31.2 Å². The summed E-state index contributed by atoms with van der Waals surface area (Å²) in [4.78, 5) is 2.03. The summed E-state index contributed by atoms with van der Waals surface area (Å²) >= 11 is 0. The highest BCUT2D eigenvalue weighted by molar-refractivity contribution is 5.47. The van der Waals surface area contributed by atoms with Gasteiger partial charge in [0.25, 0.3) is 0 Å². The minimum Gasteiger partial charge on any atom is -0.389 e. The molecule has 1 aromatic rings. The van der Waals surface area contributed by atoms with E-state index >= 15 is 0 Å². The maximum Gasteiger partial charge on any atom is 0.0947 e. The summed E-state index contributed by atoms with van der Waals surface area (Å²) in [5, 5.41) is 13.1. The van der Waals surface area contributed by atoms with Gasteiger partial charge in [-0.2, -0.15) is 0 Å². The Bertz CT molecular complexity index is 354. The van der Waals surface area contributed by atoms with Crippen LogP contribution in [0.4, 0.5) is 5.69 Å². The SMILES string of the molecule is CCNC(C)c1ccc(N(C)CC(O)COC)cc1. The Morgan fingerprint density at radius 1 is 1.32 bits per heavy atom. The molecule has 0 aliphatic rings. The number of nitrogens with one attached hydrogen (secondary N) is 1. The van der Waals surface area contributed by atoms with Crippen LogP contribution in [-0.2, 0) is 4.74 Å². The molecule has 0 saturated carbocycles. The fourth-order valence-corrected chi connectivity index (χ4v) is 2.11. The number of rotatable bonds is 8. The van der Waals surface area contributed by atoms with Gasteiger partial charge < -0.3 is 20.1 Å². The van der Waals surface area contributed by atoms with E-state index in [0.29, 0.717) is 19.2 Å². The summed E-state index contributed by atoms with van der Waals surface area (Å²) < 4.78 is 4.93. The molecule has 4 heteroatoms. The maximum absolute atomic E-state index is 9.72. The molecule has 2 atom stereocenters. The van der Waals surface area contributed by atoms with Crippen LogP contribution in [-0.4, -0.2) is 45.1 Å². The highest BCUT2D eigenvalue weighted by atomic mass is 16.5. The fraction of sp³-hybridized carbons (Fsp3) is 0.600. The molecule has 1 aromatic carbocycles. The number of aliphatic hydroxyl groups is 1. The molecule has 108 valence electrons. The Labute approximate surface area is 116 Å². The first-order valence-corrected chi connectivity index (χ1v) is 6.80. The van der Waals surface area contributed by atoms with Crippen molar-refractivity contribution in [3.63, 3.8) is 0 Å². The standard InChI is InChI=1S/C15H26N2O2/c1-5-16-12(2)13-6-8-14(9-7-13)17(3)10-15(18)11-19-4/h6-9,12,15-16,18H,5,10-11H2,1-4H3. The largest absolute Gasteiger partial charge is 0.389 e. The summed E-state index contributed by atoms with van der Waals surface area (Å²) in [6.45, 7) is 6.16. The first-order valence-electron chi connectivity index (χ1n) is 6.80. The third kappa shape index (κ3) is 5.19. The predicted molar refractivity (Wildman–Crippen MR) is 79.7 cm³/mol. The average Bonchev–Trinajstić information content (AvgIpc) is 2.39. The monoisotopic (exact) mass is 266 g/mol. The van der Waals surface area contributed by atoms with Crippen LogP contribution in [0.3, 0.4) is 0 Å². The van der Waals surface area contributed by atoms with E-state index in [1.807, 2.05) is 11.9 Å². The van der Waals surface area contributed by atoms with E-state index in [1.165, 1.54) is 5.56 Å². The van der Waals surface area contributed by atoms with Crippen LogP contribution in [0.15, 0.2) is 24.3 Å². The van der Waals surface area contributed by atoms with E-state index in [4.69, 9.17) is 4.74 Å². The second-order valence-electron chi connectivity index (χ2n) is 4.86. The molecular formula is C15H26N2O2. The molecular weight excluding hydrogens is 240 g/mol. The summed E-state index contributed by atoms with van der Waals surface area (Å²) in [7, 11) is 3.57. The van der Waals surface area contributed by atoms with Crippen LogP contribution >= 0.6 is 0 Å². The lowest BCUT2D eigenvalue weighted by Crippen LogP contribution is -2.31. The zero-order chi connectivity index (χ0) is 14.3. The number of aliphatic hydroxyl groups excluding tert-OH is 1. The number of methoxy groups -OCH3 is 1. The van der Waals surface area contributed by atoms with E-state index in [2.05, 4.69) is 43.4 Å². The fourth-order valence-electron chi connectivity index (χ4n) is 2.11. The van der Waals surface area contributed by atoms with Crippen LogP contribution in [0.2, 0.25) is 0 Å². The van der Waals surface area contributed by atoms with Crippen LogP contribution in [0.1, 0.15) is 25.5 Å². The van der Waals surface area contributed by atoms with E-state index in [-0.39, 0.29) is 0 Å². The van der Waals surface area contributed by atoms with Gasteiger partial charge in [0.2, 0.25) is 0 Å². The van der Waals surface area contributed by atoms with E-state index < -0.39 is 6.10 Å². The molecule has 4 nitrogen and oxygen atoms in total. The van der Waals surface area contributed by atoms with E-state index in [9.17, 15) is 5.11 Å². The molecule has 19 heavy (non-hydrogen) atoms. The molecule has 0 heterocycles. The molecule has 0 aliphatic heterocycles. The molecule has 0 aromatic heterocycles. The zero-order valence-electron chi connectivity index (χ0n) is 12.4. The van der Waals surface area contributed by atoms with Gasteiger partial charge in [0.15, 0.2) is 0 Å². The number of benzene rings is 1. The molecule has 1 rings (SSSR count). The highest BCUT2D eigenvalue weighted by Crippen LogP contribution is 2.18. The summed E-state index contributed by atoms with van der Waals surface area (Å²) in [5.74, 6) is 0. The van der Waals surface area contributed by atoms with Crippen molar-refractivity contribution in [1.82, 2.24) is 5.32 Å². The normalized spacial score (nSPS) is 14.2. The summed E-state index contributed by atoms with van der Waals surface area (Å²) in [6.07, 6.45) is -0.463. The maximum atomic E-state index is 9.72. The highest BCUT2D eigenvalue weighted by Gasteiger charge is 2.09. The van der Waals surface area contributed by atoms with Gasteiger partial charge in [0.05, 0.1) is 12.7 Å². The number of anilines is 1. The second kappa shape index (κ2) is 8.15. The van der Waals surface area contributed by atoms with Crippen molar-refractivity contribution in [2.45, 2.75) is 26.0 Å². The van der Waals surface area contributed by atoms with Crippen LogP contribution in [0, 0.1) is 0 Å². The number of ether oxygens (including phenoxy) is 1. The summed E-state index contributed by atoms with van der Waals surface area (Å²) in [5.41, 5.74) is 2.37. The Hall–Kier alpha value is -1.10. The third-order valence-corrected chi connectivity index (χ3v) is 3.19. The van der Waals surface area contributed by atoms with Crippen molar-refractivity contribution in [3.05, 3.63) is 29.8 Å². The molecule has 2 unspecified atom stereocenters. The number of nitrogens with zero attached hydrogens (tertiary/aromatic N) is 1. The third-order valence-electron chi connectivity index (χ3n) is 3.19. The van der Waals surface area contributed by atoms with Gasteiger partial charge in [0, 0.05) is 32.4 Å². The minimum atomic E-state index is -0.463. The minimum absolute atomic E-state index is 0.361. The van der Waals surface area contributed by atoms with Gasteiger partial charge >= 0.3 is 0 Å². The van der Waals surface area contributed by atoms with Crippen molar-refractivity contribution in [3.8, 4) is 0 Å². The van der Waals surface area contributed by atoms with Gasteiger partial charge in [-0.1, -0.05) is 19.1 Å². The first kappa shape index (κ1) is 16.0. The zero-order valence-corrected chi connectivity index (χ0v) is 12.4. The van der Waals surface area contributed by atoms with Crippen molar-refractivity contribution in [2.24, 2.45) is 0 Å². The molecule has 0 bridgehead atoms. The number of hydrogen-bond acceptors (Lipinski definition) is 4. The first-order chi connectivity index (χ1) is 9.08. The molecule has 0 spiro atoms. The van der Waals surface area contributed by atoms with Crippen molar-refractivity contribution in [1.29, 1.82) is 0 Å². The van der Waals surface area contributed by atoms with Crippen LogP contribution in [0.5, 0.6) is 0 Å². The lowest BCUT2D eigenvalue weighted by atomic mass is 10.1. The van der Waals surface area contributed by atoms with Crippen LogP contribution in [0.25, 0.3) is 0 Å². The molecule has 2 N–H and O–H groups in total. The lowest BCUT2D eigenvalue weighted by Gasteiger charge is -2.23. The number of hydrogen-bond donors (Lipinski definition) is 2. The van der Waals surface area contributed by atoms with Gasteiger partial charge in [-0.3, -0.25) is 0 Å². The topological polar surface area (TPSA) is 44.7 Å². The summed E-state index contributed by atoms with van der Waals surface area (Å²) in [6, 6.07) is 8.79. The lowest BCUT2D eigenvalue weighted by molar-refractivity contribution is 0.0695. The van der Waals surface area contributed by atoms with E-state index in [1.54, 1.807) is 7.11 Å². The smallest absolute Gasteiger partial charge is 0.0947 e. The van der Waals surface area contributed by atoms with Gasteiger partial charge in [-0.15, -0.1) is 0 Å². The van der Waals surface area contributed by atoms with Crippen molar-refractivity contribution < 1.29 is 9.84 Å². The predicted octanol–water partition coefficient (Wildman–Crippen LogP) is 1.80. The van der Waals surface area contributed by atoms with Crippen LogP contribution < -0.4 is 10.2 Å². The quantitative estimate of drug-likeness (QED) is 0.753. The molecule has 0 amide bonds. The second-order valence-corrected chi connectivity index (χ2v) is 4.86. The van der Waals surface area contributed by atoms with Gasteiger partial charge in [0.1, 0.15) is 0 Å². The molecule has 0 radical (unpaired) electrons. The Kier molecular flexibility index (Phi) is 6.84. The molecule has 0 saturated heterocycles. The Balaban J connectivity index is 2.60. The average molecular weight is 266 g/mol. The van der Waals surface area contributed by atoms with Gasteiger partial charge in [-0.25, -0.2) is 0 Å². The van der Waals surface area contributed by atoms with Crippen molar-refractivity contribution in [2.75, 3.05) is 38.8 Å². The Morgan fingerprint density at radius 3 is 2.47 bits per heavy atom. The Morgan fingerprint density at radius 2 is 1.95 bits per heavy atom. The van der Waals surface area contributed by atoms with Crippen molar-refractivity contribution >= 4 is 5.69 Å².